The molecule has 0 aliphatic carbocycles. The summed E-state index contributed by atoms with van der Waals surface area (Å²) in [6, 6.07) is 0. The Morgan fingerprint density at radius 3 is 2.88 bits per heavy atom. The number of hydrogen-bond acceptors (Lipinski definition) is 7. The third kappa shape index (κ3) is 3.38. The molecule has 1 atom stereocenters. The van der Waals surface area contributed by atoms with E-state index in [1.54, 1.807) is 6.92 Å². The van der Waals surface area contributed by atoms with Crippen molar-refractivity contribution in [1.82, 2.24) is 15.6 Å². The number of carbonyl (C=O) groups excluding carboxylic acids is 1. The van der Waals surface area contributed by atoms with Crippen LogP contribution < -0.4 is 11.1 Å². The fourth-order valence-corrected chi connectivity index (χ4v) is 1.79. The van der Waals surface area contributed by atoms with Crippen LogP contribution in [0.3, 0.4) is 0 Å². The summed E-state index contributed by atoms with van der Waals surface area (Å²) in [6.45, 7) is 1.74. The summed E-state index contributed by atoms with van der Waals surface area (Å²) in [4.78, 5) is 11.5. The molecule has 0 aliphatic heterocycles. The molecule has 0 aliphatic rings. The number of nitrogens with zero attached hydrogens (tertiary/aromatic N) is 2. The number of thioether (sulfide) groups is 1. The molecule has 1 amide bonds. The van der Waals surface area contributed by atoms with Gasteiger partial charge in [-0.25, -0.2) is 4.63 Å². The first kappa shape index (κ1) is 12.8. The van der Waals surface area contributed by atoms with Crippen LogP contribution in [0.2, 0.25) is 0 Å². The van der Waals surface area contributed by atoms with Gasteiger partial charge in [0, 0.05) is 12.3 Å². The minimum atomic E-state index is -0.971. The lowest BCUT2D eigenvalue weighted by atomic mass is 10.1. The smallest absolute Gasteiger partial charge is 0.277 e. The van der Waals surface area contributed by atoms with Crippen molar-refractivity contribution in [3.63, 3.8) is 0 Å². The molecule has 4 N–H and O–H groups in total. The van der Waals surface area contributed by atoms with Gasteiger partial charge in [0.15, 0.2) is 0 Å². The number of hydrogen-bond donors (Lipinski definition) is 3. The highest BCUT2D eigenvalue weighted by Gasteiger charge is 2.23. The Balaban J connectivity index is 2.51. The first-order valence-electron chi connectivity index (χ1n) is 4.54. The van der Waals surface area contributed by atoms with E-state index in [1.165, 1.54) is 11.8 Å². The van der Waals surface area contributed by atoms with Gasteiger partial charge in [0.1, 0.15) is 0 Å². The van der Waals surface area contributed by atoms with Crippen molar-refractivity contribution in [2.75, 3.05) is 24.3 Å². The lowest BCUT2D eigenvalue weighted by molar-refractivity contribution is 0.0720. The lowest BCUT2D eigenvalue weighted by Gasteiger charge is -2.22. The average molecular weight is 246 g/mol. The first-order valence-corrected chi connectivity index (χ1v) is 5.93. The maximum absolute atomic E-state index is 11.5. The molecular weight excluding hydrogens is 232 g/mol. The highest BCUT2D eigenvalue weighted by atomic mass is 32.2. The molecule has 8 heteroatoms. The Morgan fingerprint density at radius 1 is 1.69 bits per heavy atom. The van der Waals surface area contributed by atoms with Gasteiger partial charge in [-0.15, -0.1) is 0 Å². The predicted molar refractivity (Wildman–Crippen MR) is 60.0 cm³/mol. The summed E-state index contributed by atoms with van der Waals surface area (Å²) in [7, 11) is 0. The van der Waals surface area contributed by atoms with Crippen LogP contribution in [-0.4, -0.2) is 45.5 Å². The number of carbonyl (C=O) groups is 1. The number of rotatable bonds is 5. The van der Waals surface area contributed by atoms with E-state index in [9.17, 15) is 9.90 Å². The molecule has 7 nitrogen and oxygen atoms in total. The number of aliphatic hydroxyl groups is 1. The van der Waals surface area contributed by atoms with Crippen LogP contribution in [0.5, 0.6) is 0 Å². The van der Waals surface area contributed by atoms with Gasteiger partial charge < -0.3 is 16.2 Å². The quantitative estimate of drug-likeness (QED) is 0.641. The van der Waals surface area contributed by atoms with E-state index in [1.807, 2.05) is 6.26 Å². The maximum atomic E-state index is 11.5. The van der Waals surface area contributed by atoms with E-state index in [4.69, 9.17) is 5.73 Å². The fraction of sp³-hybridized carbons (Fsp3) is 0.625. The van der Waals surface area contributed by atoms with E-state index in [0.717, 1.165) is 0 Å². The van der Waals surface area contributed by atoms with Crippen LogP contribution in [0.1, 0.15) is 17.4 Å². The van der Waals surface area contributed by atoms with Crippen molar-refractivity contribution < 1.29 is 14.5 Å². The van der Waals surface area contributed by atoms with Crippen LogP contribution in [-0.2, 0) is 0 Å². The standard InChI is InChI=1S/C8H14N4O3S/c1-8(14,4-16-2)3-10-7(13)5-6(9)12-15-11-5/h14H,3-4H2,1-2H3,(H2,9,12)(H,10,13). The summed E-state index contributed by atoms with van der Waals surface area (Å²) >= 11 is 1.49. The van der Waals surface area contributed by atoms with Crippen LogP contribution in [0.25, 0.3) is 0 Å². The van der Waals surface area contributed by atoms with E-state index in [2.05, 4.69) is 20.3 Å². The van der Waals surface area contributed by atoms with E-state index < -0.39 is 11.5 Å². The summed E-state index contributed by atoms with van der Waals surface area (Å²) in [6.07, 6.45) is 1.87. The predicted octanol–water partition coefficient (Wildman–Crippen LogP) is -0.504. The molecule has 1 rings (SSSR count). The third-order valence-electron chi connectivity index (χ3n) is 1.81. The second kappa shape index (κ2) is 5.17. The number of aromatic nitrogens is 2. The molecule has 1 unspecified atom stereocenters. The summed E-state index contributed by atoms with van der Waals surface area (Å²) < 4.78 is 4.29. The van der Waals surface area contributed by atoms with Crippen LogP contribution in [0.4, 0.5) is 5.82 Å². The molecule has 1 aromatic rings. The Bertz CT molecular complexity index is 366. The van der Waals surface area contributed by atoms with Crippen molar-refractivity contribution >= 4 is 23.5 Å². The van der Waals surface area contributed by atoms with Gasteiger partial charge in [0.25, 0.3) is 5.91 Å². The lowest BCUT2D eigenvalue weighted by Crippen LogP contribution is -2.42. The van der Waals surface area contributed by atoms with Gasteiger partial charge in [0.05, 0.1) is 5.60 Å². The SMILES string of the molecule is CSCC(C)(O)CNC(=O)c1nonc1N. The zero-order valence-electron chi connectivity index (χ0n) is 9.06. The minimum absolute atomic E-state index is 0.0676. The molecule has 0 saturated carbocycles. The maximum Gasteiger partial charge on any atom is 0.277 e. The molecule has 0 spiro atoms. The number of amides is 1. The van der Waals surface area contributed by atoms with Gasteiger partial charge in [-0.1, -0.05) is 0 Å². The Labute approximate surface area is 96.7 Å². The summed E-state index contributed by atoms with van der Waals surface area (Å²) in [5.74, 6) is -0.0676. The Kier molecular flexibility index (Phi) is 4.13. The fourth-order valence-electron chi connectivity index (χ4n) is 1.07. The number of nitrogen functional groups attached to an aromatic ring is 1. The molecule has 0 bridgehead atoms. The van der Waals surface area contributed by atoms with Crippen molar-refractivity contribution in [2.45, 2.75) is 12.5 Å². The Hall–Kier alpha value is -1.28. The van der Waals surface area contributed by atoms with E-state index in [0.29, 0.717) is 5.75 Å². The number of nitrogens with one attached hydrogen (secondary N) is 1. The van der Waals surface area contributed by atoms with Crippen molar-refractivity contribution in [2.24, 2.45) is 0 Å². The van der Waals surface area contributed by atoms with Crippen molar-refractivity contribution in [1.29, 1.82) is 0 Å². The summed E-state index contributed by atoms with van der Waals surface area (Å²) in [5, 5.41) is 18.9. The molecule has 1 heterocycles. The number of anilines is 1. The third-order valence-corrected chi connectivity index (χ3v) is 2.72. The largest absolute Gasteiger partial charge is 0.387 e. The first-order chi connectivity index (χ1) is 7.46. The van der Waals surface area contributed by atoms with Crippen molar-refractivity contribution in [3.8, 4) is 0 Å². The van der Waals surface area contributed by atoms with E-state index >= 15 is 0 Å². The molecule has 1 aromatic heterocycles. The molecule has 0 radical (unpaired) electrons. The van der Waals surface area contributed by atoms with Gasteiger partial charge in [-0.3, -0.25) is 4.79 Å². The highest BCUT2D eigenvalue weighted by Crippen LogP contribution is 2.10. The zero-order valence-corrected chi connectivity index (χ0v) is 9.87. The van der Waals surface area contributed by atoms with Crippen LogP contribution >= 0.6 is 11.8 Å². The monoisotopic (exact) mass is 246 g/mol. The highest BCUT2D eigenvalue weighted by molar-refractivity contribution is 7.98. The van der Waals surface area contributed by atoms with E-state index in [-0.39, 0.29) is 18.1 Å². The van der Waals surface area contributed by atoms with Gasteiger partial charge >= 0.3 is 0 Å². The Morgan fingerprint density at radius 2 is 2.38 bits per heavy atom. The van der Waals surface area contributed by atoms with Gasteiger partial charge in [-0.2, -0.15) is 11.8 Å². The molecule has 0 aromatic carbocycles. The molecule has 0 saturated heterocycles. The number of nitrogens with two attached hydrogens (primary N) is 1. The second-order valence-electron chi connectivity index (χ2n) is 3.61. The molecule has 0 fully saturated rings. The van der Waals surface area contributed by atoms with Gasteiger partial charge in [-0.05, 0) is 23.5 Å². The molecular formula is C8H14N4O3S. The van der Waals surface area contributed by atoms with Gasteiger partial charge in [0.2, 0.25) is 11.5 Å². The van der Waals surface area contributed by atoms with Crippen LogP contribution in [0, 0.1) is 0 Å². The normalized spacial score (nSPS) is 14.4. The average Bonchev–Trinajstić information content (AvgIpc) is 2.61. The van der Waals surface area contributed by atoms with Crippen LogP contribution in [0.15, 0.2) is 4.63 Å². The van der Waals surface area contributed by atoms with Crippen molar-refractivity contribution in [3.05, 3.63) is 5.69 Å². The minimum Gasteiger partial charge on any atom is -0.387 e. The molecule has 16 heavy (non-hydrogen) atoms. The second-order valence-corrected chi connectivity index (χ2v) is 4.48. The topological polar surface area (TPSA) is 114 Å². The molecule has 90 valence electrons. The summed E-state index contributed by atoms with van der Waals surface area (Å²) in [5.41, 5.74) is 4.30. The zero-order chi connectivity index (χ0) is 12.2.